The summed E-state index contributed by atoms with van der Waals surface area (Å²) >= 11 is 14.4. The molecule has 2 aromatic carbocycles. The molecule has 0 aliphatic heterocycles. The van der Waals surface area contributed by atoms with Gasteiger partial charge in [-0.15, -0.1) is 0 Å². The number of hydrogen-bond donors (Lipinski definition) is 2. The molecule has 0 aliphatic carbocycles. The van der Waals surface area contributed by atoms with Crippen LogP contribution in [-0.4, -0.2) is 11.0 Å². The van der Waals surface area contributed by atoms with Crippen molar-refractivity contribution in [3.05, 3.63) is 63.6 Å². The Balaban J connectivity index is 2.00. The van der Waals surface area contributed by atoms with Crippen molar-refractivity contribution in [1.82, 2.24) is 5.32 Å². The van der Waals surface area contributed by atoms with E-state index in [4.69, 9.17) is 23.8 Å². The minimum Gasteiger partial charge on any atom is -0.332 e. The van der Waals surface area contributed by atoms with Crippen LogP contribution in [0, 0.1) is 0 Å². The van der Waals surface area contributed by atoms with Gasteiger partial charge in [0.1, 0.15) is 0 Å². The van der Waals surface area contributed by atoms with E-state index in [-0.39, 0.29) is 11.0 Å². The molecule has 2 N–H and O–H groups in total. The van der Waals surface area contributed by atoms with Crippen LogP contribution < -0.4 is 10.6 Å². The normalized spacial score (nSPS) is 9.90. The van der Waals surface area contributed by atoms with Gasteiger partial charge in [0.15, 0.2) is 5.11 Å². The summed E-state index contributed by atoms with van der Waals surface area (Å²) in [6.07, 6.45) is 0. The van der Waals surface area contributed by atoms with Gasteiger partial charge in [-0.05, 0) is 48.6 Å². The Bertz CT molecular complexity index is 646. The van der Waals surface area contributed by atoms with Gasteiger partial charge in [0.25, 0.3) is 5.91 Å². The molecule has 0 bridgehead atoms. The first kappa shape index (κ1) is 15.0. The molecule has 1 amide bonds. The summed E-state index contributed by atoms with van der Waals surface area (Å²) in [5.41, 5.74) is 1.17. The first-order valence-corrected chi connectivity index (χ1v) is 7.26. The first-order chi connectivity index (χ1) is 9.56. The van der Waals surface area contributed by atoms with Gasteiger partial charge in [0.2, 0.25) is 0 Å². The maximum atomic E-state index is 12.0. The second kappa shape index (κ2) is 6.83. The largest absolute Gasteiger partial charge is 0.332 e. The highest BCUT2D eigenvalue weighted by Crippen LogP contribution is 2.15. The van der Waals surface area contributed by atoms with Crippen molar-refractivity contribution >= 4 is 56.5 Å². The summed E-state index contributed by atoms with van der Waals surface area (Å²) in [5.74, 6) is -0.342. The molecule has 0 unspecified atom stereocenters. The monoisotopic (exact) mass is 368 g/mol. The third-order valence-corrected chi connectivity index (χ3v) is 3.51. The number of nitrogens with one attached hydrogen (secondary N) is 2. The molecule has 0 aromatic heterocycles. The minimum absolute atomic E-state index is 0.220. The number of amides is 1. The van der Waals surface area contributed by atoms with E-state index >= 15 is 0 Å². The number of thiocarbonyl (C=S) groups is 1. The predicted molar refractivity (Wildman–Crippen MR) is 89.3 cm³/mol. The smallest absolute Gasteiger partial charge is 0.258 e. The van der Waals surface area contributed by atoms with Crippen LogP contribution in [0.4, 0.5) is 5.69 Å². The third-order valence-electron chi connectivity index (χ3n) is 2.45. The summed E-state index contributed by atoms with van der Waals surface area (Å²) in [6.45, 7) is 0. The van der Waals surface area contributed by atoms with Crippen LogP contribution >= 0.6 is 39.7 Å². The van der Waals surface area contributed by atoms with Crippen LogP contribution in [0.1, 0.15) is 10.4 Å². The van der Waals surface area contributed by atoms with Gasteiger partial charge in [-0.2, -0.15) is 0 Å². The van der Waals surface area contributed by atoms with Crippen molar-refractivity contribution in [2.75, 3.05) is 5.32 Å². The maximum absolute atomic E-state index is 12.0. The molecular formula is C14H10BrClN2OS. The van der Waals surface area contributed by atoms with Crippen molar-refractivity contribution in [3.63, 3.8) is 0 Å². The Morgan fingerprint density at radius 2 is 1.75 bits per heavy atom. The Kier molecular flexibility index (Phi) is 5.11. The molecule has 0 heterocycles. The Morgan fingerprint density at radius 1 is 1.10 bits per heavy atom. The van der Waals surface area contributed by atoms with Gasteiger partial charge in [0, 0.05) is 10.2 Å². The fourth-order valence-corrected chi connectivity index (χ4v) is 2.21. The highest BCUT2D eigenvalue weighted by atomic mass is 79.9. The second-order valence-corrected chi connectivity index (χ2v) is 5.63. The molecule has 0 aliphatic rings. The number of rotatable bonds is 2. The van der Waals surface area contributed by atoms with Gasteiger partial charge in [-0.25, -0.2) is 0 Å². The lowest BCUT2D eigenvalue weighted by atomic mass is 10.2. The van der Waals surface area contributed by atoms with Gasteiger partial charge >= 0.3 is 0 Å². The van der Waals surface area contributed by atoms with Crippen molar-refractivity contribution < 1.29 is 4.79 Å². The number of benzene rings is 2. The number of hydrogen-bond acceptors (Lipinski definition) is 2. The second-order valence-electron chi connectivity index (χ2n) is 3.89. The Hall–Kier alpha value is -1.43. The van der Waals surface area contributed by atoms with Crippen LogP contribution in [-0.2, 0) is 0 Å². The summed E-state index contributed by atoms with van der Waals surface area (Å²) in [7, 11) is 0. The number of anilines is 1. The fraction of sp³-hybridized carbons (Fsp3) is 0. The van der Waals surface area contributed by atoms with Crippen LogP contribution in [0.2, 0.25) is 5.02 Å². The van der Waals surface area contributed by atoms with Gasteiger partial charge < -0.3 is 5.32 Å². The molecule has 0 saturated heterocycles. The van der Waals surface area contributed by atoms with Crippen molar-refractivity contribution in [2.24, 2.45) is 0 Å². The Morgan fingerprint density at radius 3 is 2.40 bits per heavy atom. The third kappa shape index (κ3) is 4.03. The molecule has 102 valence electrons. The molecule has 0 saturated carbocycles. The van der Waals surface area contributed by atoms with Gasteiger partial charge in [-0.1, -0.05) is 39.7 Å². The lowest BCUT2D eigenvalue weighted by molar-refractivity contribution is 0.0978. The van der Waals surface area contributed by atoms with E-state index in [0.29, 0.717) is 10.6 Å². The predicted octanol–water partition coefficient (Wildman–Crippen LogP) is 4.23. The number of carbonyl (C=O) groups excluding carboxylic acids is 1. The van der Waals surface area contributed by atoms with Crippen molar-refractivity contribution in [1.29, 1.82) is 0 Å². The van der Waals surface area contributed by atoms with Crippen molar-refractivity contribution in [2.45, 2.75) is 0 Å². The lowest BCUT2D eigenvalue weighted by Gasteiger charge is -2.10. The zero-order chi connectivity index (χ0) is 14.5. The standard InChI is InChI=1S/C14H10BrClN2OS/c15-9-5-7-10(8-6-9)17-14(20)18-13(19)11-3-1-2-4-12(11)16/h1-8H,(H2,17,18,19,20). The van der Waals surface area contributed by atoms with E-state index in [1.54, 1.807) is 24.3 Å². The van der Waals surface area contributed by atoms with Crippen LogP contribution in [0.25, 0.3) is 0 Å². The zero-order valence-corrected chi connectivity index (χ0v) is 13.3. The van der Waals surface area contributed by atoms with E-state index in [9.17, 15) is 4.79 Å². The number of carbonyl (C=O) groups is 1. The van der Waals surface area contributed by atoms with Crippen LogP contribution in [0.15, 0.2) is 53.0 Å². The summed E-state index contributed by atoms with van der Waals surface area (Å²) in [6, 6.07) is 14.2. The summed E-state index contributed by atoms with van der Waals surface area (Å²) < 4.78 is 0.967. The van der Waals surface area contributed by atoms with Gasteiger partial charge in [0.05, 0.1) is 10.6 Å². The molecule has 2 aromatic rings. The molecule has 0 radical (unpaired) electrons. The minimum atomic E-state index is -0.342. The van der Waals surface area contributed by atoms with Crippen LogP contribution in [0.5, 0.6) is 0 Å². The molecule has 6 heteroatoms. The molecule has 3 nitrogen and oxygen atoms in total. The molecule has 0 atom stereocenters. The van der Waals surface area contributed by atoms with E-state index in [1.807, 2.05) is 24.3 Å². The van der Waals surface area contributed by atoms with E-state index < -0.39 is 0 Å². The maximum Gasteiger partial charge on any atom is 0.258 e. The molecule has 2 rings (SSSR count). The average molecular weight is 370 g/mol. The van der Waals surface area contributed by atoms with Crippen LogP contribution in [0.3, 0.4) is 0 Å². The fourth-order valence-electron chi connectivity index (χ4n) is 1.51. The van der Waals surface area contributed by atoms with Crippen molar-refractivity contribution in [3.8, 4) is 0 Å². The lowest BCUT2D eigenvalue weighted by Crippen LogP contribution is -2.34. The van der Waals surface area contributed by atoms with E-state index in [2.05, 4.69) is 26.6 Å². The molecule has 0 spiro atoms. The summed E-state index contributed by atoms with van der Waals surface area (Å²) in [4.78, 5) is 12.0. The molecule has 0 fully saturated rings. The van der Waals surface area contributed by atoms with Gasteiger partial charge in [-0.3, -0.25) is 10.1 Å². The Labute approximate surface area is 135 Å². The molecule has 20 heavy (non-hydrogen) atoms. The number of halogens is 2. The highest BCUT2D eigenvalue weighted by molar-refractivity contribution is 9.10. The zero-order valence-electron chi connectivity index (χ0n) is 10.2. The summed E-state index contributed by atoms with van der Waals surface area (Å²) in [5, 5.41) is 6.12. The quantitative estimate of drug-likeness (QED) is 0.778. The first-order valence-electron chi connectivity index (χ1n) is 5.68. The highest BCUT2D eigenvalue weighted by Gasteiger charge is 2.10. The SMILES string of the molecule is O=C(NC(=S)Nc1ccc(Br)cc1)c1ccccc1Cl. The van der Waals surface area contributed by atoms with E-state index in [0.717, 1.165) is 10.2 Å². The topological polar surface area (TPSA) is 41.1 Å². The van der Waals surface area contributed by atoms with E-state index in [1.165, 1.54) is 0 Å². The molecular weight excluding hydrogens is 360 g/mol. The average Bonchev–Trinajstić information content (AvgIpc) is 2.41.